The van der Waals surface area contributed by atoms with Crippen molar-refractivity contribution in [1.82, 2.24) is 0 Å². The summed E-state index contributed by atoms with van der Waals surface area (Å²) in [5.74, 6) is 2.98. The first-order valence-electron chi connectivity index (χ1n) is 3.55. The molecule has 1 saturated heterocycles. The molecule has 0 radical (unpaired) electrons. The van der Waals surface area contributed by atoms with Crippen LogP contribution in [0.5, 0.6) is 0 Å². The molecule has 0 aromatic carbocycles. The smallest absolute Gasteiger partial charge is 0.221 e. The average Bonchev–Trinajstić information content (AvgIpc) is 1.88. The third-order valence-corrected chi connectivity index (χ3v) is 2.99. The third kappa shape index (κ3) is 2.93. The molecule has 1 rings (SSSR count). The standard InChI is InChI=1S/C7H11ClOS/c8-7(9)5-6-1-3-10-4-2-6/h6H,1-5H2. The Morgan fingerprint density at radius 3 is 2.60 bits per heavy atom. The van der Waals surface area contributed by atoms with E-state index in [-0.39, 0.29) is 5.24 Å². The molecule has 1 heterocycles. The highest BCUT2D eigenvalue weighted by atomic mass is 35.5. The van der Waals surface area contributed by atoms with Crippen molar-refractivity contribution in [2.75, 3.05) is 11.5 Å². The van der Waals surface area contributed by atoms with E-state index in [1.165, 1.54) is 24.3 Å². The minimum Gasteiger partial charge on any atom is -0.281 e. The molecule has 0 spiro atoms. The Hall–Kier alpha value is 0.310. The van der Waals surface area contributed by atoms with Gasteiger partial charge in [0.05, 0.1) is 0 Å². The second kappa shape index (κ2) is 4.24. The molecule has 0 N–H and O–H groups in total. The summed E-state index contributed by atoms with van der Waals surface area (Å²) in [4.78, 5) is 10.5. The topological polar surface area (TPSA) is 17.1 Å². The summed E-state index contributed by atoms with van der Waals surface area (Å²) in [6.07, 6.45) is 2.92. The van der Waals surface area contributed by atoms with E-state index in [2.05, 4.69) is 0 Å². The Balaban J connectivity index is 2.19. The molecular weight excluding hydrogens is 168 g/mol. The van der Waals surface area contributed by atoms with Gasteiger partial charge in [0.15, 0.2) is 0 Å². The van der Waals surface area contributed by atoms with E-state index in [1.807, 2.05) is 11.8 Å². The first kappa shape index (κ1) is 8.41. The lowest BCUT2D eigenvalue weighted by Gasteiger charge is -2.18. The summed E-state index contributed by atoms with van der Waals surface area (Å²) < 4.78 is 0. The molecule has 0 atom stereocenters. The number of carbonyl (C=O) groups is 1. The van der Waals surface area contributed by atoms with Gasteiger partial charge in [-0.3, -0.25) is 4.79 Å². The van der Waals surface area contributed by atoms with Crippen LogP contribution in [0.3, 0.4) is 0 Å². The highest BCUT2D eigenvalue weighted by Gasteiger charge is 2.15. The van der Waals surface area contributed by atoms with Crippen molar-refractivity contribution in [2.45, 2.75) is 19.3 Å². The maximum Gasteiger partial charge on any atom is 0.221 e. The molecule has 1 aliphatic heterocycles. The van der Waals surface area contributed by atoms with Gasteiger partial charge in [-0.2, -0.15) is 11.8 Å². The van der Waals surface area contributed by atoms with Crippen LogP contribution in [0.25, 0.3) is 0 Å². The zero-order chi connectivity index (χ0) is 7.40. The number of thioether (sulfide) groups is 1. The van der Waals surface area contributed by atoms with E-state index < -0.39 is 0 Å². The van der Waals surface area contributed by atoms with Crippen molar-refractivity contribution < 1.29 is 4.79 Å². The predicted molar refractivity (Wildman–Crippen MR) is 45.5 cm³/mol. The van der Waals surface area contributed by atoms with Crippen molar-refractivity contribution in [3.63, 3.8) is 0 Å². The second-order valence-electron chi connectivity index (χ2n) is 2.61. The zero-order valence-electron chi connectivity index (χ0n) is 5.81. The maximum absolute atomic E-state index is 10.5. The fourth-order valence-corrected chi connectivity index (χ4v) is 2.60. The quantitative estimate of drug-likeness (QED) is 0.604. The van der Waals surface area contributed by atoms with Crippen molar-refractivity contribution in [2.24, 2.45) is 5.92 Å². The van der Waals surface area contributed by atoms with Gasteiger partial charge in [0.2, 0.25) is 5.24 Å². The molecule has 1 aliphatic rings. The van der Waals surface area contributed by atoms with E-state index >= 15 is 0 Å². The summed E-state index contributed by atoms with van der Waals surface area (Å²) in [5, 5.41) is -0.170. The van der Waals surface area contributed by atoms with Crippen LogP contribution < -0.4 is 0 Å². The number of hydrogen-bond acceptors (Lipinski definition) is 2. The number of hydrogen-bond donors (Lipinski definition) is 0. The van der Waals surface area contributed by atoms with Gasteiger partial charge in [0.25, 0.3) is 0 Å². The minimum absolute atomic E-state index is 0.170. The second-order valence-corrected chi connectivity index (χ2v) is 4.26. The van der Waals surface area contributed by atoms with E-state index in [4.69, 9.17) is 11.6 Å². The van der Waals surface area contributed by atoms with Crippen molar-refractivity contribution in [3.05, 3.63) is 0 Å². The van der Waals surface area contributed by atoms with Crippen LogP contribution >= 0.6 is 23.4 Å². The Labute approximate surface area is 70.5 Å². The Kier molecular flexibility index (Phi) is 3.57. The predicted octanol–water partition coefficient (Wildman–Crippen LogP) is 2.29. The molecule has 1 fully saturated rings. The molecule has 0 aromatic heterocycles. The largest absolute Gasteiger partial charge is 0.281 e. The van der Waals surface area contributed by atoms with E-state index in [1.54, 1.807) is 0 Å². The molecule has 10 heavy (non-hydrogen) atoms. The summed E-state index contributed by atoms with van der Waals surface area (Å²) in [6.45, 7) is 0. The SMILES string of the molecule is O=C(Cl)CC1CCSCC1. The average molecular weight is 179 g/mol. The van der Waals surface area contributed by atoms with Gasteiger partial charge in [0, 0.05) is 6.42 Å². The van der Waals surface area contributed by atoms with E-state index in [0.717, 1.165) is 0 Å². The fraction of sp³-hybridized carbons (Fsp3) is 0.857. The van der Waals surface area contributed by atoms with Crippen LogP contribution in [-0.2, 0) is 4.79 Å². The Morgan fingerprint density at radius 2 is 2.10 bits per heavy atom. The lowest BCUT2D eigenvalue weighted by atomic mass is 10.00. The van der Waals surface area contributed by atoms with Gasteiger partial charge in [-0.1, -0.05) is 0 Å². The molecule has 58 valence electrons. The van der Waals surface area contributed by atoms with Crippen LogP contribution in [0.2, 0.25) is 0 Å². The van der Waals surface area contributed by atoms with E-state index in [0.29, 0.717) is 12.3 Å². The lowest BCUT2D eigenvalue weighted by molar-refractivity contribution is -0.112. The first-order chi connectivity index (χ1) is 4.79. The van der Waals surface area contributed by atoms with E-state index in [9.17, 15) is 4.79 Å². The normalized spacial score (nSPS) is 20.9. The van der Waals surface area contributed by atoms with Gasteiger partial charge in [-0.05, 0) is 41.9 Å². The molecule has 1 nitrogen and oxygen atoms in total. The maximum atomic E-state index is 10.5. The minimum atomic E-state index is -0.170. The van der Waals surface area contributed by atoms with Gasteiger partial charge < -0.3 is 0 Å². The summed E-state index contributed by atoms with van der Waals surface area (Å²) in [7, 11) is 0. The molecule has 0 bridgehead atoms. The van der Waals surface area contributed by atoms with Gasteiger partial charge in [-0.25, -0.2) is 0 Å². The Bertz CT molecular complexity index is 121. The number of rotatable bonds is 2. The third-order valence-electron chi connectivity index (χ3n) is 1.79. The molecule has 3 heteroatoms. The molecular formula is C7H11ClOS. The highest BCUT2D eigenvalue weighted by Crippen LogP contribution is 2.25. The number of carbonyl (C=O) groups excluding carboxylic acids is 1. The van der Waals surface area contributed by atoms with Crippen LogP contribution in [0, 0.1) is 5.92 Å². The van der Waals surface area contributed by atoms with Crippen molar-refractivity contribution in [3.8, 4) is 0 Å². The molecule has 0 aliphatic carbocycles. The van der Waals surface area contributed by atoms with Crippen molar-refractivity contribution in [1.29, 1.82) is 0 Å². The van der Waals surface area contributed by atoms with Gasteiger partial charge in [-0.15, -0.1) is 0 Å². The fourth-order valence-electron chi connectivity index (χ4n) is 1.18. The Morgan fingerprint density at radius 1 is 1.50 bits per heavy atom. The monoisotopic (exact) mass is 178 g/mol. The summed E-state index contributed by atoms with van der Waals surface area (Å²) in [6, 6.07) is 0. The molecule has 0 saturated carbocycles. The van der Waals surface area contributed by atoms with Crippen LogP contribution in [0.1, 0.15) is 19.3 Å². The van der Waals surface area contributed by atoms with Gasteiger partial charge >= 0.3 is 0 Å². The van der Waals surface area contributed by atoms with Crippen molar-refractivity contribution >= 4 is 28.6 Å². The highest BCUT2D eigenvalue weighted by molar-refractivity contribution is 7.99. The zero-order valence-corrected chi connectivity index (χ0v) is 7.38. The summed E-state index contributed by atoms with van der Waals surface area (Å²) >= 11 is 7.24. The summed E-state index contributed by atoms with van der Waals surface area (Å²) in [5.41, 5.74) is 0. The molecule has 0 aromatic rings. The van der Waals surface area contributed by atoms with Gasteiger partial charge in [0.1, 0.15) is 0 Å². The molecule has 0 unspecified atom stereocenters. The first-order valence-corrected chi connectivity index (χ1v) is 5.08. The van der Waals surface area contributed by atoms with Crippen LogP contribution in [-0.4, -0.2) is 16.7 Å². The van der Waals surface area contributed by atoms with Crippen LogP contribution in [0.4, 0.5) is 0 Å². The lowest BCUT2D eigenvalue weighted by Crippen LogP contribution is -2.11. The van der Waals surface area contributed by atoms with Crippen LogP contribution in [0.15, 0.2) is 0 Å². The molecule has 0 amide bonds. The number of halogens is 1.